The van der Waals surface area contributed by atoms with Crippen molar-refractivity contribution in [1.82, 2.24) is 4.57 Å². The molecular formula is C38H22N2O3. The van der Waals surface area contributed by atoms with Crippen molar-refractivity contribution in [2.45, 2.75) is 0 Å². The molecule has 3 heterocycles. The molecule has 0 fully saturated rings. The first-order chi connectivity index (χ1) is 21.2. The average Bonchev–Trinajstić information content (AvgIpc) is 3.73. The third kappa shape index (κ3) is 3.32. The van der Waals surface area contributed by atoms with Crippen LogP contribution in [-0.2, 0) is 0 Å². The molecule has 0 amide bonds. The highest BCUT2D eigenvalue weighted by Gasteiger charge is 2.19. The largest absolute Gasteiger partial charge is 0.497 e. The first-order valence-electron chi connectivity index (χ1n) is 14.1. The fraction of sp³-hybridized carbons (Fsp3) is 0.0263. The van der Waals surface area contributed by atoms with Gasteiger partial charge in [0.25, 0.3) is 0 Å². The van der Waals surface area contributed by atoms with E-state index in [4.69, 9.17) is 20.1 Å². The lowest BCUT2D eigenvalue weighted by Crippen LogP contribution is -1.97. The standard InChI is InChI=1S/C38H22N2O3/c1-39-23-12-16-34(40-32-9-5-3-7-25(32)26-8-4-6-10-33(26)40)29(20-23)22-11-17-35-30(19-22)27-14-15-28-31-21-24(41-2)13-18-36(31)43-38(28)37(27)42-35/h3-21H,2H3. The molecule has 0 bridgehead atoms. The minimum absolute atomic E-state index is 0.594. The van der Waals surface area contributed by atoms with E-state index in [-0.39, 0.29) is 0 Å². The number of ether oxygens (including phenoxy) is 1. The summed E-state index contributed by atoms with van der Waals surface area (Å²) in [5, 5.41) is 6.34. The van der Waals surface area contributed by atoms with E-state index in [1.165, 1.54) is 10.8 Å². The molecule has 0 spiro atoms. The molecule has 0 N–H and O–H groups in total. The molecule has 0 saturated heterocycles. The molecule has 0 aliphatic carbocycles. The molecule has 9 aromatic rings. The fourth-order valence-corrected chi connectivity index (χ4v) is 6.54. The Labute approximate surface area is 245 Å². The van der Waals surface area contributed by atoms with Crippen LogP contribution in [0.2, 0.25) is 0 Å². The van der Waals surface area contributed by atoms with Crippen molar-refractivity contribution in [3.63, 3.8) is 0 Å². The monoisotopic (exact) mass is 554 g/mol. The molecule has 5 heteroatoms. The number of furan rings is 2. The SMILES string of the molecule is [C-]#[N+]c1ccc(-n2c3ccccc3c3ccccc32)c(-c2ccc3oc4c(ccc5c6cc(OC)ccc6oc54)c3c2)c1. The van der Waals surface area contributed by atoms with Gasteiger partial charge < -0.3 is 18.1 Å². The van der Waals surface area contributed by atoms with Gasteiger partial charge in [0, 0.05) is 32.3 Å². The minimum Gasteiger partial charge on any atom is -0.497 e. The van der Waals surface area contributed by atoms with Gasteiger partial charge in [-0.2, -0.15) is 0 Å². The Morgan fingerprint density at radius 1 is 0.605 bits per heavy atom. The highest BCUT2D eigenvalue weighted by atomic mass is 16.5. The van der Waals surface area contributed by atoms with Gasteiger partial charge in [0.2, 0.25) is 0 Å². The lowest BCUT2D eigenvalue weighted by Gasteiger charge is -2.15. The van der Waals surface area contributed by atoms with Gasteiger partial charge in [-0.25, -0.2) is 4.85 Å². The number of fused-ring (bicyclic) bond motifs is 10. The summed E-state index contributed by atoms with van der Waals surface area (Å²) in [6.07, 6.45) is 0. The summed E-state index contributed by atoms with van der Waals surface area (Å²) in [6, 6.07) is 39.2. The molecule has 43 heavy (non-hydrogen) atoms. The van der Waals surface area contributed by atoms with Crippen LogP contribution in [0, 0.1) is 6.57 Å². The van der Waals surface area contributed by atoms with E-state index in [1.54, 1.807) is 7.11 Å². The van der Waals surface area contributed by atoms with Crippen LogP contribution in [-0.4, -0.2) is 11.7 Å². The predicted molar refractivity (Wildman–Crippen MR) is 174 cm³/mol. The summed E-state index contributed by atoms with van der Waals surface area (Å²) >= 11 is 0. The second-order valence-electron chi connectivity index (χ2n) is 10.8. The maximum atomic E-state index is 7.76. The van der Waals surface area contributed by atoms with Crippen molar-refractivity contribution in [2.24, 2.45) is 0 Å². The van der Waals surface area contributed by atoms with Gasteiger partial charge in [0.15, 0.2) is 16.9 Å². The number of aromatic nitrogens is 1. The molecule has 202 valence electrons. The van der Waals surface area contributed by atoms with E-state index in [0.717, 1.165) is 77.5 Å². The Hall–Kier alpha value is -5.99. The van der Waals surface area contributed by atoms with Crippen molar-refractivity contribution < 1.29 is 13.6 Å². The molecule has 0 saturated carbocycles. The van der Waals surface area contributed by atoms with Crippen LogP contribution in [0.25, 0.3) is 87.3 Å². The Kier molecular flexibility index (Phi) is 4.82. The lowest BCUT2D eigenvalue weighted by atomic mass is 9.99. The minimum atomic E-state index is 0.594. The quantitative estimate of drug-likeness (QED) is 0.204. The number of para-hydroxylation sites is 2. The summed E-state index contributed by atoms with van der Waals surface area (Å²) in [6.45, 7) is 7.76. The zero-order chi connectivity index (χ0) is 28.7. The summed E-state index contributed by atoms with van der Waals surface area (Å²) in [5.74, 6) is 0.783. The molecular weight excluding hydrogens is 532 g/mol. The second-order valence-corrected chi connectivity index (χ2v) is 10.8. The van der Waals surface area contributed by atoms with Crippen molar-refractivity contribution >= 4 is 71.4 Å². The highest BCUT2D eigenvalue weighted by Crippen LogP contribution is 2.42. The van der Waals surface area contributed by atoms with Crippen LogP contribution in [0.4, 0.5) is 5.69 Å². The number of hydrogen-bond acceptors (Lipinski definition) is 3. The first-order valence-corrected chi connectivity index (χ1v) is 14.1. The molecule has 0 atom stereocenters. The Bertz CT molecular complexity index is 2570. The van der Waals surface area contributed by atoms with Gasteiger partial charge in [-0.1, -0.05) is 48.5 Å². The van der Waals surface area contributed by atoms with E-state index >= 15 is 0 Å². The smallest absolute Gasteiger partial charge is 0.188 e. The van der Waals surface area contributed by atoms with Crippen molar-refractivity contribution in [2.75, 3.05) is 7.11 Å². The second kappa shape index (κ2) is 8.75. The molecule has 3 aromatic heterocycles. The van der Waals surface area contributed by atoms with Crippen LogP contribution in [0.3, 0.4) is 0 Å². The van der Waals surface area contributed by atoms with Crippen LogP contribution in [0.15, 0.2) is 124 Å². The molecule has 0 radical (unpaired) electrons. The van der Waals surface area contributed by atoms with Gasteiger partial charge >= 0.3 is 0 Å². The Morgan fingerprint density at radius 2 is 1.23 bits per heavy atom. The molecule has 0 aliphatic heterocycles. The van der Waals surface area contributed by atoms with Gasteiger partial charge in [-0.05, 0) is 77.9 Å². The summed E-state index contributed by atoms with van der Waals surface area (Å²) in [7, 11) is 1.67. The summed E-state index contributed by atoms with van der Waals surface area (Å²) < 4.78 is 20.5. The lowest BCUT2D eigenvalue weighted by molar-refractivity contribution is 0.415. The molecule has 9 rings (SSSR count). The molecule has 0 aliphatic rings. The van der Waals surface area contributed by atoms with Crippen LogP contribution in [0.5, 0.6) is 5.75 Å². The van der Waals surface area contributed by atoms with Crippen LogP contribution < -0.4 is 4.74 Å². The van der Waals surface area contributed by atoms with Crippen molar-refractivity contribution in [3.05, 3.63) is 127 Å². The molecule has 5 nitrogen and oxygen atoms in total. The number of benzene rings is 6. The zero-order valence-corrected chi connectivity index (χ0v) is 23.1. The number of methoxy groups -OCH3 is 1. The van der Waals surface area contributed by atoms with Crippen LogP contribution in [0.1, 0.15) is 0 Å². The number of nitrogens with zero attached hydrogens (tertiary/aromatic N) is 2. The third-order valence-corrected chi connectivity index (χ3v) is 8.52. The number of rotatable bonds is 3. The van der Waals surface area contributed by atoms with E-state index < -0.39 is 0 Å². The van der Waals surface area contributed by atoms with Gasteiger partial charge in [-0.3, -0.25) is 0 Å². The molecule has 6 aromatic carbocycles. The zero-order valence-electron chi connectivity index (χ0n) is 23.1. The van der Waals surface area contributed by atoms with E-state index in [1.807, 2.05) is 36.4 Å². The molecule has 0 unspecified atom stereocenters. The maximum absolute atomic E-state index is 7.76. The Morgan fingerprint density at radius 3 is 1.88 bits per heavy atom. The van der Waals surface area contributed by atoms with Gasteiger partial charge in [0.05, 0.1) is 30.4 Å². The maximum Gasteiger partial charge on any atom is 0.188 e. The van der Waals surface area contributed by atoms with Gasteiger partial charge in [0.1, 0.15) is 16.9 Å². The van der Waals surface area contributed by atoms with E-state index in [9.17, 15) is 0 Å². The fourth-order valence-electron chi connectivity index (χ4n) is 6.54. The van der Waals surface area contributed by atoms with Gasteiger partial charge in [-0.15, -0.1) is 0 Å². The number of hydrogen-bond donors (Lipinski definition) is 0. The van der Waals surface area contributed by atoms with Crippen LogP contribution >= 0.6 is 0 Å². The van der Waals surface area contributed by atoms with Crippen molar-refractivity contribution in [1.29, 1.82) is 0 Å². The topological polar surface area (TPSA) is 44.8 Å². The third-order valence-electron chi connectivity index (χ3n) is 8.52. The van der Waals surface area contributed by atoms with E-state index in [0.29, 0.717) is 5.69 Å². The average molecular weight is 555 g/mol. The van der Waals surface area contributed by atoms with Crippen molar-refractivity contribution in [3.8, 4) is 22.6 Å². The summed E-state index contributed by atoms with van der Waals surface area (Å²) in [5.41, 5.74) is 8.86. The van der Waals surface area contributed by atoms with E-state index in [2.05, 4.69) is 88.3 Å². The Balaban J connectivity index is 1.31. The highest BCUT2D eigenvalue weighted by molar-refractivity contribution is 6.19. The normalized spacial score (nSPS) is 11.8. The first kappa shape index (κ1) is 23.7. The summed E-state index contributed by atoms with van der Waals surface area (Å²) in [4.78, 5) is 3.77. The predicted octanol–water partition coefficient (Wildman–Crippen LogP) is 10.8.